The first-order chi connectivity index (χ1) is 14.6. The van der Waals surface area contributed by atoms with E-state index in [0.717, 1.165) is 70.7 Å². The van der Waals surface area contributed by atoms with Crippen LogP contribution in [0.5, 0.6) is 0 Å². The number of piperazine rings is 1. The van der Waals surface area contributed by atoms with Gasteiger partial charge in [0.05, 0.1) is 0 Å². The molecule has 3 rings (SSSR count). The Hall–Kier alpha value is -1.13. The van der Waals surface area contributed by atoms with Crippen LogP contribution in [0.4, 0.5) is 5.82 Å². The second kappa shape index (κ2) is 13.4. The summed E-state index contributed by atoms with van der Waals surface area (Å²) >= 11 is 0. The van der Waals surface area contributed by atoms with E-state index in [9.17, 15) is 0 Å². The molecule has 2 fully saturated rings. The number of ether oxygens (including phenoxy) is 1. The van der Waals surface area contributed by atoms with Crippen LogP contribution in [-0.2, 0) is 11.3 Å². The number of nitrogens with zero attached hydrogens (tertiary/aromatic N) is 4. The number of anilines is 1. The standard InChI is InChI=1S/C23H40N6O.HI/c1-4-30-16-10-23(8-5-6-9-23)19-27-22(24-2)26-18-20-7-11-25-21(17-20)29-14-12-28(3)13-15-29;/h7,11,17H,4-6,8-10,12-16,18-19H2,1-3H3,(H2,24,26,27);1H. The number of guanidine groups is 1. The highest BCUT2D eigenvalue weighted by Gasteiger charge is 2.33. The van der Waals surface area contributed by atoms with Crippen molar-refractivity contribution in [3.8, 4) is 0 Å². The van der Waals surface area contributed by atoms with Gasteiger partial charge in [-0.2, -0.15) is 0 Å². The van der Waals surface area contributed by atoms with Crippen molar-refractivity contribution in [3.05, 3.63) is 23.9 Å². The smallest absolute Gasteiger partial charge is 0.191 e. The Morgan fingerprint density at radius 1 is 1.19 bits per heavy atom. The topological polar surface area (TPSA) is 65.0 Å². The summed E-state index contributed by atoms with van der Waals surface area (Å²) in [6, 6.07) is 4.28. The fraction of sp³-hybridized carbons (Fsp3) is 0.739. The first kappa shape index (κ1) is 26.1. The van der Waals surface area contributed by atoms with Crippen LogP contribution in [0.1, 0.15) is 44.6 Å². The maximum atomic E-state index is 5.64. The number of likely N-dealkylation sites (N-methyl/N-ethyl adjacent to an activating group) is 1. The molecule has 2 aliphatic rings. The van der Waals surface area contributed by atoms with Gasteiger partial charge in [-0.3, -0.25) is 4.99 Å². The summed E-state index contributed by atoms with van der Waals surface area (Å²) < 4.78 is 5.64. The zero-order valence-corrected chi connectivity index (χ0v) is 21.9. The molecule has 0 atom stereocenters. The van der Waals surface area contributed by atoms with E-state index in [1.165, 1.54) is 31.2 Å². The third kappa shape index (κ3) is 8.05. The predicted molar refractivity (Wildman–Crippen MR) is 140 cm³/mol. The van der Waals surface area contributed by atoms with E-state index < -0.39 is 0 Å². The maximum Gasteiger partial charge on any atom is 0.191 e. The third-order valence-electron chi connectivity index (χ3n) is 6.60. The first-order valence-corrected chi connectivity index (χ1v) is 11.5. The molecule has 0 unspecified atom stereocenters. The van der Waals surface area contributed by atoms with Crippen molar-refractivity contribution in [3.63, 3.8) is 0 Å². The van der Waals surface area contributed by atoms with E-state index in [4.69, 9.17) is 4.74 Å². The second-order valence-corrected chi connectivity index (χ2v) is 8.75. The van der Waals surface area contributed by atoms with Crippen molar-refractivity contribution in [1.82, 2.24) is 20.5 Å². The largest absolute Gasteiger partial charge is 0.382 e. The molecule has 176 valence electrons. The highest BCUT2D eigenvalue weighted by molar-refractivity contribution is 14.0. The molecular weight excluding hydrogens is 503 g/mol. The molecule has 0 spiro atoms. The van der Waals surface area contributed by atoms with Crippen LogP contribution in [-0.4, -0.2) is 75.9 Å². The van der Waals surface area contributed by atoms with Gasteiger partial charge in [0.25, 0.3) is 0 Å². The summed E-state index contributed by atoms with van der Waals surface area (Å²) in [5.41, 5.74) is 1.58. The zero-order valence-electron chi connectivity index (χ0n) is 19.5. The zero-order chi connectivity index (χ0) is 21.2. The first-order valence-electron chi connectivity index (χ1n) is 11.5. The lowest BCUT2D eigenvalue weighted by Gasteiger charge is -2.33. The molecule has 1 saturated carbocycles. The summed E-state index contributed by atoms with van der Waals surface area (Å²) in [7, 11) is 4.02. The van der Waals surface area contributed by atoms with E-state index in [1.807, 2.05) is 13.2 Å². The number of halogens is 1. The Bertz CT molecular complexity index is 672. The molecule has 0 aromatic carbocycles. The van der Waals surface area contributed by atoms with E-state index in [0.29, 0.717) is 5.41 Å². The molecule has 1 aliphatic carbocycles. The van der Waals surface area contributed by atoms with Crippen LogP contribution < -0.4 is 15.5 Å². The summed E-state index contributed by atoms with van der Waals surface area (Å²) in [5.74, 6) is 1.95. The van der Waals surface area contributed by atoms with Crippen LogP contribution in [0.15, 0.2) is 23.3 Å². The SMILES string of the molecule is CCOCCC1(CNC(=NC)NCc2ccnc(N3CCN(C)CC3)c2)CCCC1.I. The number of rotatable bonds is 9. The summed E-state index contributed by atoms with van der Waals surface area (Å²) in [4.78, 5) is 13.8. The molecule has 1 aromatic rings. The highest BCUT2D eigenvalue weighted by atomic mass is 127. The minimum Gasteiger partial charge on any atom is -0.382 e. The van der Waals surface area contributed by atoms with E-state index in [-0.39, 0.29) is 24.0 Å². The Morgan fingerprint density at radius 2 is 1.94 bits per heavy atom. The molecule has 31 heavy (non-hydrogen) atoms. The quantitative estimate of drug-likeness (QED) is 0.216. The lowest BCUT2D eigenvalue weighted by atomic mass is 9.83. The van der Waals surface area contributed by atoms with Crippen molar-refractivity contribution >= 4 is 35.8 Å². The third-order valence-corrected chi connectivity index (χ3v) is 6.60. The van der Waals surface area contributed by atoms with Gasteiger partial charge in [0.1, 0.15) is 5.82 Å². The van der Waals surface area contributed by atoms with E-state index in [2.05, 4.69) is 56.5 Å². The Morgan fingerprint density at radius 3 is 2.61 bits per heavy atom. The minimum atomic E-state index is 0. The van der Waals surface area contributed by atoms with Crippen LogP contribution in [0.2, 0.25) is 0 Å². The van der Waals surface area contributed by atoms with Crippen molar-refractivity contribution in [2.24, 2.45) is 10.4 Å². The molecular formula is C23H41IN6O. The van der Waals surface area contributed by atoms with Gasteiger partial charge >= 0.3 is 0 Å². The molecule has 2 N–H and O–H groups in total. The lowest BCUT2D eigenvalue weighted by molar-refractivity contribution is 0.105. The minimum absolute atomic E-state index is 0. The molecule has 0 radical (unpaired) electrons. The van der Waals surface area contributed by atoms with Gasteiger partial charge in [0.2, 0.25) is 0 Å². The monoisotopic (exact) mass is 544 g/mol. The van der Waals surface area contributed by atoms with Crippen molar-refractivity contribution in [2.75, 3.05) is 64.9 Å². The molecule has 0 amide bonds. The van der Waals surface area contributed by atoms with E-state index >= 15 is 0 Å². The van der Waals surface area contributed by atoms with Crippen molar-refractivity contribution < 1.29 is 4.74 Å². The highest BCUT2D eigenvalue weighted by Crippen LogP contribution is 2.40. The van der Waals surface area contributed by atoms with Crippen LogP contribution >= 0.6 is 24.0 Å². The summed E-state index contributed by atoms with van der Waals surface area (Å²) in [6.07, 6.45) is 8.26. The van der Waals surface area contributed by atoms with Gasteiger partial charge in [-0.15, -0.1) is 24.0 Å². The average molecular weight is 545 g/mol. The summed E-state index contributed by atoms with van der Waals surface area (Å²) in [5, 5.41) is 7.07. The molecule has 1 saturated heterocycles. The number of nitrogens with one attached hydrogen (secondary N) is 2. The van der Waals surface area contributed by atoms with Gasteiger partial charge in [-0.1, -0.05) is 12.8 Å². The average Bonchev–Trinajstić information content (AvgIpc) is 3.24. The molecule has 7 nitrogen and oxygen atoms in total. The summed E-state index contributed by atoms with van der Waals surface area (Å²) in [6.45, 7) is 9.68. The maximum absolute atomic E-state index is 5.64. The molecule has 1 aliphatic heterocycles. The number of aromatic nitrogens is 1. The van der Waals surface area contributed by atoms with Crippen LogP contribution in [0, 0.1) is 5.41 Å². The second-order valence-electron chi connectivity index (χ2n) is 8.75. The fourth-order valence-corrected chi connectivity index (χ4v) is 4.53. The van der Waals surface area contributed by atoms with E-state index in [1.54, 1.807) is 0 Å². The number of hydrogen-bond donors (Lipinski definition) is 2. The Balaban J connectivity index is 0.00000341. The molecule has 0 bridgehead atoms. The predicted octanol–water partition coefficient (Wildman–Crippen LogP) is 3.10. The Kier molecular flexibility index (Phi) is 11.3. The number of pyridine rings is 1. The lowest BCUT2D eigenvalue weighted by Crippen LogP contribution is -2.45. The Labute approximate surface area is 205 Å². The van der Waals surface area contributed by atoms with Crippen molar-refractivity contribution in [2.45, 2.75) is 45.6 Å². The van der Waals surface area contributed by atoms with Gasteiger partial charge < -0.3 is 25.2 Å². The van der Waals surface area contributed by atoms with Crippen LogP contribution in [0.3, 0.4) is 0 Å². The van der Waals surface area contributed by atoms with Crippen molar-refractivity contribution in [1.29, 1.82) is 0 Å². The fourth-order valence-electron chi connectivity index (χ4n) is 4.53. The van der Waals surface area contributed by atoms with Gasteiger partial charge in [-0.25, -0.2) is 4.98 Å². The number of hydrogen-bond acceptors (Lipinski definition) is 5. The van der Waals surface area contributed by atoms with Gasteiger partial charge in [0, 0.05) is 65.7 Å². The van der Waals surface area contributed by atoms with Crippen LogP contribution in [0.25, 0.3) is 0 Å². The molecule has 1 aromatic heterocycles. The normalized spacial score (nSPS) is 19.2. The van der Waals surface area contributed by atoms with Gasteiger partial charge in [0.15, 0.2) is 5.96 Å². The number of aliphatic imine (C=N–C) groups is 1. The van der Waals surface area contributed by atoms with Gasteiger partial charge in [-0.05, 0) is 56.3 Å². The molecule has 2 heterocycles. The molecule has 8 heteroatoms.